The van der Waals surface area contributed by atoms with Crippen LogP contribution in [0.3, 0.4) is 0 Å². The van der Waals surface area contributed by atoms with Crippen LogP contribution in [-0.2, 0) is 6.54 Å². The lowest BCUT2D eigenvalue weighted by atomic mass is 10.0. The average Bonchev–Trinajstić information content (AvgIpc) is 2.61. The maximum atomic E-state index is 12.6. The Morgan fingerprint density at radius 1 is 1.33 bits per heavy atom. The van der Waals surface area contributed by atoms with E-state index in [1.54, 1.807) is 14.0 Å². The number of piperidine rings is 1. The summed E-state index contributed by atoms with van der Waals surface area (Å²) in [5.74, 6) is 0.561. The summed E-state index contributed by atoms with van der Waals surface area (Å²) in [6.07, 6.45) is 1.93. The number of aryl methyl sites for hydroxylation is 2. The zero-order chi connectivity index (χ0) is 19.4. The molecule has 0 saturated carbocycles. The van der Waals surface area contributed by atoms with Gasteiger partial charge in [0.05, 0.1) is 7.11 Å². The molecule has 2 aromatic rings. The number of likely N-dealkylation sites (tertiary alicyclic amines) is 1. The largest absolute Gasteiger partial charge is 0.497 e. The number of carbonyl (C=O) groups excluding carboxylic acids is 1. The van der Waals surface area contributed by atoms with Gasteiger partial charge in [-0.3, -0.25) is 14.5 Å². The number of nitrogens with one attached hydrogen (secondary N) is 2. The highest BCUT2D eigenvalue weighted by molar-refractivity contribution is 5.95. The van der Waals surface area contributed by atoms with E-state index < -0.39 is 0 Å². The molecule has 1 amide bonds. The van der Waals surface area contributed by atoms with Crippen molar-refractivity contribution in [1.29, 1.82) is 0 Å². The summed E-state index contributed by atoms with van der Waals surface area (Å²) in [6.45, 7) is 6.19. The van der Waals surface area contributed by atoms with Gasteiger partial charge in [0.25, 0.3) is 11.5 Å². The van der Waals surface area contributed by atoms with E-state index in [1.165, 1.54) is 5.56 Å². The molecule has 2 heterocycles. The first-order valence-electron chi connectivity index (χ1n) is 9.33. The van der Waals surface area contributed by atoms with Crippen molar-refractivity contribution in [2.45, 2.75) is 39.3 Å². The number of H-pyrrole nitrogens is 1. The summed E-state index contributed by atoms with van der Waals surface area (Å²) in [5.41, 5.74) is 2.54. The minimum absolute atomic E-state index is 0.0389. The van der Waals surface area contributed by atoms with Gasteiger partial charge in [0.1, 0.15) is 11.3 Å². The highest BCUT2D eigenvalue weighted by atomic mass is 16.5. The van der Waals surface area contributed by atoms with Crippen LogP contribution in [0.2, 0.25) is 0 Å². The third kappa shape index (κ3) is 4.77. The van der Waals surface area contributed by atoms with Gasteiger partial charge in [-0.1, -0.05) is 12.1 Å². The summed E-state index contributed by atoms with van der Waals surface area (Å²) in [6, 6.07) is 9.91. The first kappa shape index (κ1) is 19.2. The monoisotopic (exact) mass is 369 g/mol. The number of rotatable bonds is 5. The molecule has 6 nitrogen and oxygen atoms in total. The quantitative estimate of drug-likeness (QED) is 0.849. The number of carbonyl (C=O) groups is 1. The van der Waals surface area contributed by atoms with Crippen LogP contribution in [0.4, 0.5) is 0 Å². The summed E-state index contributed by atoms with van der Waals surface area (Å²) in [5, 5.41) is 3.05. The molecular weight excluding hydrogens is 342 g/mol. The number of aromatic amines is 1. The number of pyridine rings is 1. The van der Waals surface area contributed by atoms with Gasteiger partial charge in [0.15, 0.2) is 0 Å². The lowest BCUT2D eigenvalue weighted by Gasteiger charge is -2.33. The molecule has 0 radical (unpaired) electrons. The first-order chi connectivity index (χ1) is 13.0. The normalized spacial score (nSPS) is 17.5. The number of ether oxygens (including phenoxy) is 1. The van der Waals surface area contributed by atoms with Gasteiger partial charge < -0.3 is 15.0 Å². The van der Waals surface area contributed by atoms with Crippen molar-refractivity contribution in [2.24, 2.45) is 0 Å². The molecule has 144 valence electrons. The summed E-state index contributed by atoms with van der Waals surface area (Å²) >= 11 is 0. The van der Waals surface area contributed by atoms with Crippen molar-refractivity contribution in [3.63, 3.8) is 0 Å². The van der Waals surface area contributed by atoms with Crippen LogP contribution in [0, 0.1) is 13.8 Å². The predicted octanol–water partition coefficient (Wildman–Crippen LogP) is 2.39. The number of methoxy groups -OCH3 is 1. The van der Waals surface area contributed by atoms with Crippen LogP contribution < -0.4 is 15.6 Å². The maximum absolute atomic E-state index is 12.6. The Hall–Kier alpha value is -2.60. The third-order valence-electron chi connectivity index (χ3n) is 4.97. The zero-order valence-corrected chi connectivity index (χ0v) is 16.2. The molecule has 0 aliphatic carbocycles. The predicted molar refractivity (Wildman–Crippen MR) is 105 cm³/mol. The van der Waals surface area contributed by atoms with Crippen LogP contribution in [0.15, 0.2) is 35.1 Å². The number of amides is 1. The Morgan fingerprint density at radius 2 is 2.15 bits per heavy atom. The second-order valence-electron chi connectivity index (χ2n) is 7.24. The Kier molecular flexibility index (Phi) is 5.96. The standard InChI is InChI=1S/C21H27N3O3/c1-14-10-15(2)22-20(25)19(14)21(26)23-17-7-5-9-24(13-17)12-16-6-4-8-18(11-16)27-3/h4,6,8,10-11,17H,5,7,9,12-13H2,1-3H3,(H,22,25)(H,23,26)/t17-/m0/s1. The molecule has 1 aromatic heterocycles. The fourth-order valence-corrected chi connectivity index (χ4v) is 3.74. The highest BCUT2D eigenvalue weighted by Crippen LogP contribution is 2.18. The van der Waals surface area contributed by atoms with Crippen molar-refractivity contribution < 1.29 is 9.53 Å². The number of benzene rings is 1. The van der Waals surface area contributed by atoms with Crippen LogP contribution in [-0.4, -0.2) is 42.0 Å². The van der Waals surface area contributed by atoms with E-state index in [0.717, 1.165) is 43.9 Å². The number of hydrogen-bond acceptors (Lipinski definition) is 4. The van der Waals surface area contributed by atoms with Crippen LogP contribution in [0.5, 0.6) is 5.75 Å². The molecular formula is C21H27N3O3. The minimum atomic E-state index is -0.325. The van der Waals surface area contributed by atoms with E-state index in [9.17, 15) is 9.59 Å². The van der Waals surface area contributed by atoms with Crippen molar-refractivity contribution in [3.05, 3.63) is 63.1 Å². The summed E-state index contributed by atoms with van der Waals surface area (Å²) in [4.78, 5) is 29.9. The van der Waals surface area contributed by atoms with Crippen LogP contribution in [0.25, 0.3) is 0 Å². The molecule has 0 bridgehead atoms. The van der Waals surface area contributed by atoms with Crippen molar-refractivity contribution in [3.8, 4) is 5.75 Å². The zero-order valence-electron chi connectivity index (χ0n) is 16.2. The molecule has 1 atom stereocenters. The van der Waals surface area contributed by atoms with Gasteiger partial charge in [-0.2, -0.15) is 0 Å². The second kappa shape index (κ2) is 8.39. The van der Waals surface area contributed by atoms with Gasteiger partial charge in [-0.25, -0.2) is 0 Å². The summed E-state index contributed by atoms with van der Waals surface area (Å²) in [7, 11) is 1.67. The Labute approximate surface area is 159 Å². The van der Waals surface area contributed by atoms with E-state index in [2.05, 4.69) is 21.3 Å². The van der Waals surface area contributed by atoms with Gasteiger partial charge in [0, 0.05) is 24.8 Å². The molecule has 27 heavy (non-hydrogen) atoms. The van der Waals surface area contributed by atoms with Crippen molar-refractivity contribution in [2.75, 3.05) is 20.2 Å². The van der Waals surface area contributed by atoms with E-state index >= 15 is 0 Å². The molecule has 1 aromatic carbocycles. The molecule has 0 unspecified atom stereocenters. The van der Waals surface area contributed by atoms with E-state index in [4.69, 9.17) is 4.74 Å². The van der Waals surface area contributed by atoms with Gasteiger partial charge in [-0.05, 0) is 62.6 Å². The van der Waals surface area contributed by atoms with Gasteiger partial charge >= 0.3 is 0 Å². The highest BCUT2D eigenvalue weighted by Gasteiger charge is 2.24. The molecule has 3 rings (SSSR count). The smallest absolute Gasteiger partial charge is 0.261 e. The minimum Gasteiger partial charge on any atom is -0.497 e. The maximum Gasteiger partial charge on any atom is 0.261 e. The van der Waals surface area contributed by atoms with Gasteiger partial charge in [0.2, 0.25) is 0 Å². The fraction of sp³-hybridized carbons (Fsp3) is 0.429. The average molecular weight is 369 g/mol. The Balaban J connectivity index is 1.64. The lowest BCUT2D eigenvalue weighted by molar-refractivity contribution is 0.0898. The third-order valence-corrected chi connectivity index (χ3v) is 4.97. The first-order valence-corrected chi connectivity index (χ1v) is 9.33. The van der Waals surface area contributed by atoms with E-state index in [0.29, 0.717) is 5.56 Å². The van der Waals surface area contributed by atoms with Gasteiger partial charge in [-0.15, -0.1) is 0 Å². The Morgan fingerprint density at radius 3 is 2.89 bits per heavy atom. The second-order valence-corrected chi connectivity index (χ2v) is 7.24. The number of hydrogen-bond donors (Lipinski definition) is 2. The fourth-order valence-electron chi connectivity index (χ4n) is 3.74. The van der Waals surface area contributed by atoms with Crippen molar-refractivity contribution >= 4 is 5.91 Å². The lowest BCUT2D eigenvalue weighted by Crippen LogP contribution is -2.48. The molecule has 0 spiro atoms. The number of aromatic nitrogens is 1. The molecule has 1 aliphatic rings. The number of nitrogens with zero attached hydrogens (tertiary/aromatic N) is 1. The molecule has 1 aliphatic heterocycles. The molecule has 1 saturated heterocycles. The Bertz CT molecular complexity index is 875. The summed E-state index contributed by atoms with van der Waals surface area (Å²) < 4.78 is 5.29. The van der Waals surface area contributed by atoms with Crippen molar-refractivity contribution in [1.82, 2.24) is 15.2 Å². The molecule has 6 heteroatoms. The molecule has 2 N–H and O–H groups in total. The van der Waals surface area contributed by atoms with Crippen LogP contribution >= 0.6 is 0 Å². The SMILES string of the molecule is COc1cccc(CN2CCC[C@H](NC(=O)c3c(C)cc(C)[nH]c3=O)C2)c1. The van der Waals surface area contributed by atoms with E-state index in [-0.39, 0.29) is 23.1 Å². The van der Waals surface area contributed by atoms with Crippen LogP contribution in [0.1, 0.15) is 40.0 Å². The van der Waals surface area contributed by atoms with E-state index in [1.807, 2.05) is 31.2 Å². The molecule has 1 fully saturated rings. The topological polar surface area (TPSA) is 74.4 Å².